The van der Waals surface area contributed by atoms with Crippen molar-refractivity contribution in [2.75, 3.05) is 19.8 Å². The molecule has 0 saturated carbocycles. The Labute approximate surface area is 120 Å². The molecule has 120 valence electrons. The molecule has 0 heterocycles. The summed E-state index contributed by atoms with van der Waals surface area (Å²) in [4.78, 5) is 0. The largest absolute Gasteiger partial charge is 0.389 e. The molecule has 0 saturated heterocycles. The van der Waals surface area contributed by atoms with Crippen molar-refractivity contribution in [2.45, 2.75) is 32.0 Å². The predicted octanol–water partition coefficient (Wildman–Crippen LogP) is 3.97. The number of ether oxygens (including phenoxy) is 1. The van der Waals surface area contributed by atoms with Crippen molar-refractivity contribution >= 4 is 0 Å². The summed E-state index contributed by atoms with van der Waals surface area (Å²) in [7, 11) is 0. The van der Waals surface area contributed by atoms with Crippen molar-refractivity contribution < 1.29 is 26.7 Å². The van der Waals surface area contributed by atoms with E-state index in [0.29, 0.717) is 6.54 Å². The first-order valence-electron chi connectivity index (χ1n) is 6.67. The van der Waals surface area contributed by atoms with Gasteiger partial charge in [-0.2, -0.15) is 13.2 Å². The van der Waals surface area contributed by atoms with Gasteiger partial charge in [0.25, 0.3) is 0 Å². The fraction of sp³-hybridized carbons (Fsp3) is 0.571. The number of hydrogen-bond acceptors (Lipinski definition) is 2. The van der Waals surface area contributed by atoms with Gasteiger partial charge in [0.15, 0.2) is 11.6 Å². The van der Waals surface area contributed by atoms with Crippen LogP contribution in [0.2, 0.25) is 0 Å². The lowest BCUT2D eigenvalue weighted by atomic mass is 10.1. The average Bonchev–Trinajstić information content (AvgIpc) is 2.39. The van der Waals surface area contributed by atoms with E-state index < -0.39 is 30.3 Å². The molecule has 1 aromatic rings. The molecule has 1 rings (SSSR count). The summed E-state index contributed by atoms with van der Waals surface area (Å²) in [6.07, 6.45) is -5.29. The quantitative estimate of drug-likeness (QED) is 0.579. The predicted molar refractivity (Wildman–Crippen MR) is 68.9 cm³/mol. The van der Waals surface area contributed by atoms with Crippen molar-refractivity contribution in [3.8, 4) is 0 Å². The van der Waals surface area contributed by atoms with Gasteiger partial charge in [0.05, 0.1) is 12.6 Å². The molecular weight excluding hydrogens is 293 g/mol. The monoisotopic (exact) mass is 311 g/mol. The van der Waals surface area contributed by atoms with E-state index in [0.717, 1.165) is 6.07 Å². The third-order valence-electron chi connectivity index (χ3n) is 2.84. The van der Waals surface area contributed by atoms with Crippen LogP contribution in [0, 0.1) is 11.6 Å². The Balaban J connectivity index is 2.52. The number of rotatable bonds is 8. The summed E-state index contributed by atoms with van der Waals surface area (Å²) in [6, 6.07) is 3.20. The number of benzene rings is 1. The summed E-state index contributed by atoms with van der Waals surface area (Å²) in [5, 5.41) is 2.92. The van der Waals surface area contributed by atoms with Gasteiger partial charge in [-0.1, -0.05) is 19.1 Å². The van der Waals surface area contributed by atoms with Crippen molar-refractivity contribution in [2.24, 2.45) is 0 Å². The molecule has 1 unspecified atom stereocenters. The Bertz CT molecular complexity index is 436. The Morgan fingerprint density at radius 3 is 2.57 bits per heavy atom. The lowest BCUT2D eigenvalue weighted by molar-refractivity contribution is -0.138. The summed E-state index contributed by atoms with van der Waals surface area (Å²) in [5.41, 5.74) is 0.104. The maximum absolute atomic E-state index is 13.7. The molecule has 0 spiro atoms. The summed E-state index contributed by atoms with van der Waals surface area (Å²) < 4.78 is 67.9. The van der Waals surface area contributed by atoms with Crippen LogP contribution in [0.3, 0.4) is 0 Å². The Kier molecular flexibility index (Phi) is 7.04. The van der Waals surface area contributed by atoms with Crippen LogP contribution in [0.15, 0.2) is 18.2 Å². The van der Waals surface area contributed by atoms with E-state index in [1.165, 1.54) is 12.1 Å². The van der Waals surface area contributed by atoms with E-state index in [-0.39, 0.29) is 25.2 Å². The highest BCUT2D eigenvalue weighted by Crippen LogP contribution is 2.22. The van der Waals surface area contributed by atoms with Gasteiger partial charge in [0.2, 0.25) is 0 Å². The smallest absolute Gasteiger partial charge is 0.379 e. The molecule has 7 heteroatoms. The molecule has 0 aliphatic rings. The fourth-order valence-corrected chi connectivity index (χ4v) is 1.87. The van der Waals surface area contributed by atoms with Crippen molar-refractivity contribution in [3.63, 3.8) is 0 Å². The highest BCUT2D eigenvalue weighted by Gasteiger charge is 2.26. The van der Waals surface area contributed by atoms with Gasteiger partial charge < -0.3 is 10.1 Å². The molecule has 21 heavy (non-hydrogen) atoms. The van der Waals surface area contributed by atoms with E-state index >= 15 is 0 Å². The fourth-order valence-electron chi connectivity index (χ4n) is 1.87. The summed E-state index contributed by atoms with van der Waals surface area (Å²) >= 11 is 0. The molecule has 1 aromatic carbocycles. The number of nitrogens with one attached hydrogen (secondary N) is 1. The number of likely N-dealkylation sites (N-methyl/N-ethyl adjacent to an activating group) is 1. The van der Waals surface area contributed by atoms with Crippen LogP contribution in [0.4, 0.5) is 22.0 Å². The first-order chi connectivity index (χ1) is 9.85. The van der Waals surface area contributed by atoms with Crippen LogP contribution < -0.4 is 5.32 Å². The molecule has 0 aliphatic carbocycles. The standard InChI is InChI=1S/C14H18F5NO/c1-2-20-12(9-21-8-4-7-14(17,18)19)10-5-3-6-11(15)13(10)16/h3,5-6,12,20H,2,4,7-9H2,1H3. The van der Waals surface area contributed by atoms with Gasteiger partial charge in [-0.3, -0.25) is 0 Å². The van der Waals surface area contributed by atoms with E-state index in [2.05, 4.69) is 5.32 Å². The maximum Gasteiger partial charge on any atom is 0.389 e. The minimum absolute atomic E-state index is 0.0218. The zero-order valence-electron chi connectivity index (χ0n) is 11.6. The maximum atomic E-state index is 13.7. The van der Waals surface area contributed by atoms with Crippen LogP contribution in [0.1, 0.15) is 31.4 Å². The lowest BCUT2D eigenvalue weighted by Gasteiger charge is -2.19. The molecule has 0 aliphatic heterocycles. The van der Waals surface area contributed by atoms with Gasteiger partial charge >= 0.3 is 6.18 Å². The Morgan fingerprint density at radius 1 is 1.24 bits per heavy atom. The minimum atomic E-state index is -4.21. The number of hydrogen-bond donors (Lipinski definition) is 1. The number of alkyl halides is 3. The lowest BCUT2D eigenvalue weighted by Crippen LogP contribution is -2.27. The molecule has 0 radical (unpaired) electrons. The first kappa shape index (κ1) is 17.8. The summed E-state index contributed by atoms with van der Waals surface area (Å²) in [6.45, 7) is 2.17. The zero-order valence-corrected chi connectivity index (χ0v) is 11.6. The van der Waals surface area contributed by atoms with Crippen LogP contribution in [-0.4, -0.2) is 25.9 Å². The highest BCUT2D eigenvalue weighted by molar-refractivity contribution is 5.22. The van der Waals surface area contributed by atoms with E-state index in [9.17, 15) is 22.0 Å². The van der Waals surface area contributed by atoms with Crippen molar-refractivity contribution in [1.82, 2.24) is 5.32 Å². The molecule has 0 amide bonds. The third-order valence-corrected chi connectivity index (χ3v) is 2.84. The van der Waals surface area contributed by atoms with Gasteiger partial charge in [-0.25, -0.2) is 8.78 Å². The van der Waals surface area contributed by atoms with Gasteiger partial charge in [-0.05, 0) is 19.0 Å². The average molecular weight is 311 g/mol. The van der Waals surface area contributed by atoms with E-state index in [1.807, 2.05) is 0 Å². The van der Waals surface area contributed by atoms with Gasteiger partial charge in [-0.15, -0.1) is 0 Å². The van der Waals surface area contributed by atoms with Gasteiger partial charge in [0.1, 0.15) is 0 Å². The van der Waals surface area contributed by atoms with Crippen LogP contribution in [0.5, 0.6) is 0 Å². The highest BCUT2D eigenvalue weighted by atomic mass is 19.4. The second kappa shape index (κ2) is 8.29. The first-order valence-corrected chi connectivity index (χ1v) is 6.67. The Morgan fingerprint density at radius 2 is 1.95 bits per heavy atom. The van der Waals surface area contributed by atoms with Gasteiger partial charge in [0, 0.05) is 18.6 Å². The van der Waals surface area contributed by atoms with Crippen LogP contribution >= 0.6 is 0 Å². The van der Waals surface area contributed by atoms with Crippen LogP contribution in [-0.2, 0) is 4.74 Å². The molecule has 1 N–H and O–H groups in total. The third kappa shape index (κ3) is 6.39. The molecule has 0 fully saturated rings. The Hall–Kier alpha value is -1.21. The zero-order chi connectivity index (χ0) is 15.9. The number of halogens is 5. The molecule has 0 aromatic heterocycles. The molecular formula is C14H18F5NO. The molecule has 2 nitrogen and oxygen atoms in total. The second-order valence-corrected chi connectivity index (χ2v) is 4.55. The van der Waals surface area contributed by atoms with E-state index in [1.54, 1.807) is 6.92 Å². The SMILES string of the molecule is CCNC(COCCCC(F)(F)F)c1cccc(F)c1F. The second-order valence-electron chi connectivity index (χ2n) is 4.55. The molecule has 0 bridgehead atoms. The summed E-state index contributed by atoms with van der Waals surface area (Å²) in [5.74, 6) is -1.94. The molecule has 1 atom stereocenters. The normalized spacial score (nSPS) is 13.4. The van der Waals surface area contributed by atoms with E-state index in [4.69, 9.17) is 4.74 Å². The van der Waals surface area contributed by atoms with Crippen molar-refractivity contribution in [1.29, 1.82) is 0 Å². The minimum Gasteiger partial charge on any atom is -0.379 e. The topological polar surface area (TPSA) is 21.3 Å². The van der Waals surface area contributed by atoms with Crippen LogP contribution in [0.25, 0.3) is 0 Å². The van der Waals surface area contributed by atoms with Crippen molar-refractivity contribution in [3.05, 3.63) is 35.4 Å².